The maximum absolute atomic E-state index is 5.89. The summed E-state index contributed by atoms with van der Waals surface area (Å²) in [5.74, 6) is 1.78. The third-order valence-corrected chi connectivity index (χ3v) is 11.1. The predicted octanol–water partition coefficient (Wildman–Crippen LogP) is 6.54. The first kappa shape index (κ1) is 25.8. The highest BCUT2D eigenvalue weighted by molar-refractivity contribution is 6.83. The summed E-state index contributed by atoms with van der Waals surface area (Å²) in [6, 6.07) is 4.15. The molecule has 1 aromatic rings. The molecule has 1 aromatic carbocycles. The van der Waals surface area contributed by atoms with Crippen molar-refractivity contribution in [3.8, 4) is 11.5 Å². The van der Waals surface area contributed by atoms with E-state index in [4.69, 9.17) is 18.9 Å². The molecule has 0 aliphatic carbocycles. The second-order valence-corrected chi connectivity index (χ2v) is 15.1. The summed E-state index contributed by atoms with van der Waals surface area (Å²) in [4.78, 5) is 3.83. The Bertz CT molecular complexity index is 734. The number of benzene rings is 1. The maximum Gasteiger partial charge on any atom is 0.158 e. The van der Waals surface area contributed by atoms with Crippen LogP contribution in [-0.2, 0) is 15.9 Å². The van der Waals surface area contributed by atoms with Crippen molar-refractivity contribution in [3.63, 3.8) is 0 Å². The van der Waals surface area contributed by atoms with Crippen molar-refractivity contribution >= 4 is 13.9 Å². The minimum atomic E-state index is -1.75. The fraction of sp³-hybridized carbons (Fsp3) is 0.680. The van der Waals surface area contributed by atoms with Gasteiger partial charge in [0.1, 0.15) is 11.5 Å². The van der Waals surface area contributed by atoms with Gasteiger partial charge in [0.25, 0.3) is 0 Å². The zero-order valence-corrected chi connectivity index (χ0v) is 21.9. The van der Waals surface area contributed by atoms with E-state index in [9.17, 15) is 0 Å². The Labute approximate surface area is 190 Å². The van der Waals surface area contributed by atoms with Crippen molar-refractivity contribution in [3.05, 3.63) is 29.3 Å². The van der Waals surface area contributed by atoms with E-state index >= 15 is 0 Å². The zero-order valence-electron chi connectivity index (χ0n) is 20.9. The summed E-state index contributed by atoms with van der Waals surface area (Å²) in [7, 11) is 1.72. The molecule has 0 aromatic heterocycles. The molecule has 1 unspecified atom stereocenters. The fourth-order valence-corrected chi connectivity index (χ4v) is 4.66. The van der Waals surface area contributed by atoms with Crippen LogP contribution in [0, 0.1) is 0 Å². The van der Waals surface area contributed by atoms with E-state index in [0.717, 1.165) is 55.0 Å². The van der Waals surface area contributed by atoms with Gasteiger partial charge in [-0.15, -0.1) is 0 Å². The molecule has 31 heavy (non-hydrogen) atoms. The van der Waals surface area contributed by atoms with Crippen molar-refractivity contribution < 1.29 is 18.9 Å². The Kier molecular flexibility index (Phi) is 9.46. The van der Waals surface area contributed by atoms with Crippen molar-refractivity contribution in [2.24, 2.45) is 0 Å². The smallest absolute Gasteiger partial charge is 0.158 e. The highest BCUT2D eigenvalue weighted by atomic mass is 28.3. The third-order valence-electron chi connectivity index (χ3n) is 6.44. The summed E-state index contributed by atoms with van der Waals surface area (Å²) in [5.41, 5.74) is 3.42. The topological polar surface area (TPSA) is 49.0 Å². The maximum atomic E-state index is 5.89. The number of nitrogens with one attached hydrogen (secondary N) is 1. The van der Waals surface area contributed by atoms with Crippen LogP contribution in [0.15, 0.2) is 23.8 Å². The molecule has 1 fully saturated rings. The Balaban J connectivity index is 2.08. The second kappa shape index (κ2) is 11.4. The van der Waals surface area contributed by atoms with Crippen molar-refractivity contribution in [1.29, 1.82) is 0 Å². The first-order chi connectivity index (χ1) is 14.6. The van der Waals surface area contributed by atoms with Crippen LogP contribution in [0.3, 0.4) is 0 Å². The van der Waals surface area contributed by atoms with Crippen LogP contribution in [-0.4, -0.2) is 42.0 Å². The average Bonchev–Trinajstić information content (AvgIpc) is 2.71. The van der Waals surface area contributed by atoms with Gasteiger partial charge < -0.3 is 23.9 Å². The lowest BCUT2D eigenvalue weighted by atomic mass is 10.1. The summed E-state index contributed by atoms with van der Waals surface area (Å²) in [6.07, 6.45) is 7.34. The number of aryl methyl sites for hydroxylation is 1. The first-order valence-electron chi connectivity index (χ1n) is 11.5. The van der Waals surface area contributed by atoms with Gasteiger partial charge in [-0.2, -0.15) is 0 Å². The minimum Gasteiger partial charge on any atom is -0.497 e. The Morgan fingerprint density at radius 3 is 2.52 bits per heavy atom. The molecule has 1 aliphatic heterocycles. The van der Waals surface area contributed by atoms with Gasteiger partial charge in [-0.3, -0.25) is 0 Å². The molecule has 1 atom stereocenters. The van der Waals surface area contributed by atoms with E-state index in [-0.39, 0.29) is 11.3 Å². The van der Waals surface area contributed by atoms with Gasteiger partial charge in [-0.05, 0) is 50.1 Å². The molecule has 1 N–H and O–H groups in total. The molecular formula is C25H43NO4Si. The molecule has 5 nitrogen and oxygen atoms in total. The monoisotopic (exact) mass is 449 g/mol. The average molecular weight is 450 g/mol. The van der Waals surface area contributed by atoms with Gasteiger partial charge in [0.15, 0.2) is 14.5 Å². The van der Waals surface area contributed by atoms with Crippen molar-refractivity contribution in [1.82, 2.24) is 0 Å². The highest BCUT2D eigenvalue weighted by Gasteiger charge is 2.36. The molecule has 1 heterocycles. The predicted molar refractivity (Wildman–Crippen MR) is 132 cm³/mol. The molecular weight excluding hydrogens is 406 g/mol. The fourth-order valence-electron chi connectivity index (χ4n) is 3.42. The lowest BCUT2D eigenvalue weighted by Crippen LogP contribution is -2.45. The van der Waals surface area contributed by atoms with Gasteiger partial charge in [-0.25, -0.2) is 0 Å². The Morgan fingerprint density at radius 1 is 1.19 bits per heavy atom. The molecule has 6 heteroatoms. The van der Waals surface area contributed by atoms with E-state index in [1.165, 1.54) is 12.0 Å². The second-order valence-electron chi connectivity index (χ2n) is 10.1. The normalized spacial score (nSPS) is 18.1. The minimum absolute atomic E-state index is 0.0421. The number of hydrogen-bond donors (Lipinski definition) is 1. The molecule has 0 saturated carbocycles. The van der Waals surface area contributed by atoms with E-state index < -0.39 is 8.24 Å². The molecule has 2 rings (SSSR count). The van der Waals surface area contributed by atoms with Crippen LogP contribution >= 0.6 is 0 Å². The summed E-state index contributed by atoms with van der Waals surface area (Å²) < 4.78 is 23.0. The molecule has 0 amide bonds. The number of hydrogen-bond acceptors (Lipinski definition) is 5. The first-order valence-corrected chi connectivity index (χ1v) is 14.5. The largest absolute Gasteiger partial charge is 0.497 e. The summed E-state index contributed by atoms with van der Waals surface area (Å²) >= 11 is 0. The molecule has 0 spiro atoms. The number of allylic oxidation sites excluding steroid dienone is 1. The van der Waals surface area contributed by atoms with E-state index in [1.54, 1.807) is 14.2 Å². The molecule has 176 valence electrons. The summed E-state index contributed by atoms with van der Waals surface area (Å²) in [5, 5.41) is 0.211. The van der Waals surface area contributed by atoms with Crippen LogP contribution in [0.1, 0.15) is 58.9 Å². The number of anilines is 1. The van der Waals surface area contributed by atoms with E-state index in [0.29, 0.717) is 6.61 Å². The Morgan fingerprint density at radius 2 is 1.94 bits per heavy atom. The van der Waals surface area contributed by atoms with Gasteiger partial charge in [-0.1, -0.05) is 45.5 Å². The van der Waals surface area contributed by atoms with Crippen LogP contribution < -0.4 is 14.5 Å². The Hall–Kier alpha value is -1.50. The number of methoxy groups -OCH3 is 2. The lowest BCUT2D eigenvalue weighted by molar-refractivity contribution is -0.156. The van der Waals surface area contributed by atoms with E-state index in [1.807, 2.05) is 0 Å². The number of ether oxygens (including phenoxy) is 4. The van der Waals surface area contributed by atoms with Gasteiger partial charge in [0, 0.05) is 18.2 Å². The summed E-state index contributed by atoms with van der Waals surface area (Å²) in [6.45, 7) is 15.2. The highest BCUT2D eigenvalue weighted by Crippen LogP contribution is 2.41. The standard InChI is InChI=1S/C25H43NO4Si/c1-19(18-30-23-14-9-10-15-29-23)12-11-13-20-16-21(27-5)17-22(24(20)28-6)26-31(7,8)25(2,3)4/h12,16-17,23,26H,9-11,13-15,18H2,1-8H3/b19-12-. The van der Waals surface area contributed by atoms with Crippen LogP contribution in [0.5, 0.6) is 11.5 Å². The van der Waals surface area contributed by atoms with Crippen molar-refractivity contribution in [2.45, 2.75) is 84.2 Å². The van der Waals surface area contributed by atoms with Crippen molar-refractivity contribution in [2.75, 3.05) is 32.4 Å². The van der Waals surface area contributed by atoms with E-state index in [2.05, 4.69) is 64.0 Å². The van der Waals surface area contributed by atoms with Gasteiger partial charge >= 0.3 is 0 Å². The lowest BCUT2D eigenvalue weighted by Gasteiger charge is -2.38. The SMILES string of the molecule is COc1cc(CC/C=C(/C)COC2CCCCO2)c(OC)c(N[Si](C)(C)C(C)(C)C)c1. The van der Waals surface area contributed by atoms with Gasteiger partial charge in [0.05, 0.1) is 26.5 Å². The van der Waals surface area contributed by atoms with Crippen LogP contribution in [0.2, 0.25) is 18.1 Å². The van der Waals surface area contributed by atoms with Crippen LogP contribution in [0.4, 0.5) is 5.69 Å². The number of rotatable bonds is 10. The third kappa shape index (κ3) is 7.54. The molecule has 0 bridgehead atoms. The zero-order chi connectivity index (χ0) is 23.1. The quantitative estimate of drug-likeness (QED) is 0.324. The molecule has 1 saturated heterocycles. The molecule has 1 aliphatic rings. The van der Waals surface area contributed by atoms with Gasteiger partial charge in [0.2, 0.25) is 0 Å². The molecule has 0 radical (unpaired) electrons. The van der Waals surface area contributed by atoms with Crippen LogP contribution in [0.25, 0.3) is 0 Å².